The number of hydrogen-bond donors (Lipinski definition) is 0. The largest absolute Gasteiger partial charge is 0.318 e. The molecular formula is C12H18ClN3. The number of rotatable bonds is 6. The van der Waals surface area contributed by atoms with Gasteiger partial charge in [0.25, 0.3) is 0 Å². The van der Waals surface area contributed by atoms with Crippen molar-refractivity contribution in [2.75, 3.05) is 0 Å². The highest BCUT2D eigenvalue weighted by Gasteiger charge is 2.13. The number of halogens is 1. The molecule has 1 aromatic rings. The van der Waals surface area contributed by atoms with Crippen LogP contribution < -0.4 is 0 Å². The minimum Gasteiger partial charge on any atom is -0.318 e. The van der Waals surface area contributed by atoms with Crippen molar-refractivity contribution in [2.24, 2.45) is 0 Å². The van der Waals surface area contributed by atoms with E-state index < -0.39 is 0 Å². The fraction of sp³-hybridized carbons (Fsp3) is 0.667. The number of hydrogen-bond acceptors (Lipinski definition) is 2. The van der Waals surface area contributed by atoms with E-state index in [9.17, 15) is 0 Å². The molecule has 0 spiro atoms. The van der Waals surface area contributed by atoms with Gasteiger partial charge in [-0.2, -0.15) is 5.26 Å². The van der Waals surface area contributed by atoms with Crippen LogP contribution in [0.1, 0.15) is 44.6 Å². The summed E-state index contributed by atoms with van der Waals surface area (Å²) < 4.78 is 1.99. The van der Waals surface area contributed by atoms with E-state index in [0.717, 1.165) is 37.2 Å². The third-order valence-electron chi connectivity index (χ3n) is 2.59. The van der Waals surface area contributed by atoms with Crippen molar-refractivity contribution in [3.8, 4) is 6.07 Å². The lowest BCUT2D eigenvalue weighted by atomic mass is 10.2. The van der Waals surface area contributed by atoms with Crippen molar-refractivity contribution in [1.82, 2.24) is 9.55 Å². The Bertz CT molecular complexity index is 376. The van der Waals surface area contributed by atoms with Crippen molar-refractivity contribution in [2.45, 2.75) is 52.5 Å². The van der Waals surface area contributed by atoms with Crippen LogP contribution >= 0.6 is 11.6 Å². The Hall–Kier alpha value is -1.01. The Morgan fingerprint density at radius 2 is 2.19 bits per heavy atom. The van der Waals surface area contributed by atoms with Crippen LogP contribution in [0.4, 0.5) is 0 Å². The van der Waals surface area contributed by atoms with Crippen LogP contribution in [0, 0.1) is 11.3 Å². The summed E-state index contributed by atoms with van der Waals surface area (Å²) in [5.41, 5.74) is 0.950. The summed E-state index contributed by atoms with van der Waals surface area (Å²) in [5, 5.41) is 9.33. The maximum atomic E-state index is 8.62. The van der Waals surface area contributed by atoms with Gasteiger partial charge in [-0.3, -0.25) is 0 Å². The highest BCUT2D eigenvalue weighted by atomic mass is 35.5. The van der Waals surface area contributed by atoms with Crippen LogP contribution in [0.3, 0.4) is 0 Å². The summed E-state index contributed by atoms with van der Waals surface area (Å²) >= 11 is 6.24. The first-order chi connectivity index (χ1) is 7.74. The van der Waals surface area contributed by atoms with Gasteiger partial charge >= 0.3 is 0 Å². The third-order valence-corrected chi connectivity index (χ3v) is 3.01. The average Bonchev–Trinajstić information content (AvgIpc) is 2.60. The lowest BCUT2D eigenvalue weighted by Crippen LogP contribution is -2.04. The van der Waals surface area contributed by atoms with Gasteiger partial charge in [0.1, 0.15) is 11.0 Å². The molecule has 4 heteroatoms. The molecule has 0 aliphatic heterocycles. The Kier molecular flexibility index (Phi) is 5.34. The molecule has 0 N–H and O–H groups in total. The molecule has 0 amide bonds. The number of nitriles is 1. The lowest BCUT2D eigenvalue weighted by Gasteiger charge is -2.05. The SMILES string of the molecule is CCCCc1nc(CC)c(Cl)n1CCC#N. The molecule has 0 radical (unpaired) electrons. The molecular weight excluding hydrogens is 222 g/mol. The molecule has 0 aliphatic rings. The second-order valence-corrected chi connectivity index (χ2v) is 4.14. The number of unbranched alkanes of at least 4 members (excludes halogenated alkanes) is 1. The third kappa shape index (κ3) is 2.99. The smallest absolute Gasteiger partial charge is 0.132 e. The van der Waals surface area contributed by atoms with Gasteiger partial charge in [0.15, 0.2) is 0 Å². The molecule has 16 heavy (non-hydrogen) atoms. The van der Waals surface area contributed by atoms with Crippen molar-refractivity contribution in [3.63, 3.8) is 0 Å². The van der Waals surface area contributed by atoms with Gasteiger partial charge < -0.3 is 4.57 Å². The molecule has 0 aromatic carbocycles. The van der Waals surface area contributed by atoms with Crippen LogP contribution in [0.5, 0.6) is 0 Å². The van der Waals surface area contributed by atoms with E-state index >= 15 is 0 Å². The van der Waals surface area contributed by atoms with E-state index in [2.05, 4.69) is 18.0 Å². The minimum absolute atomic E-state index is 0.484. The number of aryl methyl sites for hydroxylation is 2. The van der Waals surface area contributed by atoms with Gasteiger partial charge in [0.05, 0.1) is 18.2 Å². The van der Waals surface area contributed by atoms with E-state index in [0.29, 0.717) is 18.1 Å². The van der Waals surface area contributed by atoms with Gasteiger partial charge in [-0.05, 0) is 12.8 Å². The first kappa shape index (κ1) is 13.1. The molecule has 0 fully saturated rings. The summed E-state index contributed by atoms with van der Waals surface area (Å²) in [4.78, 5) is 4.54. The van der Waals surface area contributed by atoms with Crippen LogP contribution in [0.25, 0.3) is 0 Å². The predicted molar refractivity (Wildman–Crippen MR) is 65.5 cm³/mol. The van der Waals surface area contributed by atoms with Crippen molar-refractivity contribution < 1.29 is 0 Å². The van der Waals surface area contributed by atoms with Gasteiger partial charge in [-0.15, -0.1) is 0 Å². The summed E-state index contributed by atoms with van der Waals surface area (Å²) in [6, 6.07) is 2.15. The normalized spacial score (nSPS) is 10.4. The number of nitrogens with zero attached hydrogens (tertiary/aromatic N) is 3. The van der Waals surface area contributed by atoms with Crippen molar-refractivity contribution in [3.05, 3.63) is 16.7 Å². The molecule has 0 saturated heterocycles. The summed E-state index contributed by atoms with van der Waals surface area (Å²) in [6.45, 7) is 4.86. The molecule has 0 saturated carbocycles. The first-order valence-corrected chi connectivity index (χ1v) is 6.23. The zero-order valence-electron chi connectivity index (χ0n) is 9.96. The number of imidazole rings is 1. The fourth-order valence-corrected chi connectivity index (χ4v) is 2.03. The highest BCUT2D eigenvalue weighted by Crippen LogP contribution is 2.20. The molecule has 0 bridgehead atoms. The minimum atomic E-state index is 0.484. The molecule has 88 valence electrons. The first-order valence-electron chi connectivity index (χ1n) is 5.85. The van der Waals surface area contributed by atoms with E-state index in [-0.39, 0.29) is 0 Å². The van der Waals surface area contributed by atoms with Crippen LogP contribution in [0.2, 0.25) is 5.15 Å². The maximum absolute atomic E-state index is 8.62. The second kappa shape index (κ2) is 6.55. The van der Waals surface area contributed by atoms with E-state index in [1.54, 1.807) is 0 Å². The van der Waals surface area contributed by atoms with Gasteiger partial charge in [0.2, 0.25) is 0 Å². The molecule has 0 atom stereocenters. The van der Waals surface area contributed by atoms with Gasteiger partial charge in [0, 0.05) is 13.0 Å². The van der Waals surface area contributed by atoms with E-state index in [4.69, 9.17) is 16.9 Å². The Morgan fingerprint density at radius 3 is 2.75 bits per heavy atom. The molecule has 3 nitrogen and oxygen atoms in total. The van der Waals surface area contributed by atoms with E-state index in [1.165, 1.54) is 0 Å². The van der Waals surface area contributed by atoms with Gasteiger partial charge in [-0.25, -0.2) is 4.98 Å². The molecule has 0 unspecified atom stereocenters. The maximum Gasteiger partial charge on any atom is 0.132 e. The fourth-order valence-electron chi connectivity index (χ4n) is 1.67. The Labute approximate surface area is 102 Å². The summed E-state index contributed by atoms with van der Waals surface area (Å²) in [7, 11) is 0. The zero-order valence-corrected chi connectivity index (χ0v) is 10.7. The summed E-state index contributed by atoms with van der Waals surface area (Å²) in [6.07, 6.45) is 4.53. The highest BCUT2D eigenvalue weighted by molar-refractivity contribution is 6.30. The standard InChI is InChI=1S/C12H18ClN3/c1-3-5-7-11-15-10(4-2)12(13)16(11)9-6-8-14/h3-7,9H2,1-2H3. The Balaban J connectivity index is 2.90. The van der Waals surface area contributed by atoms with Crippen molar-refractivity contribution in [1.29, 1.82) is 5.26 Å². The topological polar surface area (TPSA) is 41.6 Å². The molecule has 0 aliphatic carbocycles. The van der Waals surface area contributed by atoms with Crippen molar-refractivity contribution >= 4 is 11.6 Å². The molecule has 1 heterocycles. The average molecular weight is 240 g/mol. The van der Waals surface area contributed by atoms with Crippen LogP contribution in [-0.2, 0) is 19.4 Å². The van der Waals surface area contributed by atoms with Crippen LogP contribution in [0.15, 0.2) is 0 Å². The van der Waals surface area contributed by atoms with Crippen LogP contribution in [-0.4, -0.2) is 9.55 Å². The number of aromatic nitrogens is 2. The predicted octanol–water partition coefficient (Wildman–Crippen LogP) is 3.36. The second-order valence-electron chi connectivity index (χ2n) is 3.78. The van der Waals surface area contributed by atoms with E-state index in [1.807, 2.05) is 11.5 Å². The lowest BCUT2D eigenvalue weighted by molar-refractivity contribution is 0.640. The monoisotopic (exact) mass is 239 g/mol. The van der Waals surface area contributed by atoms with Gasteiger partial charge in [-0.1, -0.05) is 31.9 Å². The molecule has 1 rings (SSSR count). The Morgan fingerprint density at radius 1 is 1.44 bits per heavy atom. The quantitative estimate of drug-likeness (QED) is 0.764. The zero-order chi connectivity index (χ0) is 12.0. The molecule has 1 aromatic heterocycles. The summed E-state index contributed by atoms with van der Waals surface area (Å²) in [5.74, 6) is 1.03.